The highest BCUT2D eigenvalue weighted by Gasteiger charge is 2.06. The van der Waals surface area contributed by atoms with Crippen LogP contribution in [0.4, 0.5) is 0 Å². The van der Waals surface area contributed by atoms with E-state index in [2.05, 4.69) is 9.72 Å². The lowest BCUT2D eigenvalue weighted by Crippen LogP contribution is -1.96. The fourth-order valence-electron chi connectivity index (χ4n) is 0.663. The lowest BCUT2D eigenvalue weighted by Gasteiger charge is -1.95. The van der Waals surface area contributed by atoms with Crippen LogP contribution in [0.5, 0.6) is 0 Å². The smallest absolute Gasteiger partial charge is 0.293 e. The molecule has 1 aromatic rings. The number of nitrogens with zero attached hydrogens (tertiary/aromatic N) is 1. The molecule has 0 amide bonds. The fraction of sp³-hybridized carbons (Fsp3) is 0.333. The molecule has 0 radical (unpaired) electrons. The molecule has 0 bridgehead atoms. The average Bonchev–Trinajstić information content (AvgIpc) is 2.18. The molecule has 5 nitrogen and oxygen atoms in total. The summed E-state index contributed by atoms with van der Waals surface area (Å²) in [5.74, 6) is 0. The molecule has 16 heavy (non-hydrogen) atoms. The largest absolute Gasteiger partial charge is 0.468 e. The first kappa shape index (κ1) is 14.9. The van der Waals surface area contributed by atoms with Gasteiger partial charge in [-0.2, -0.15) is 0 Å². The van der Waals surface area contributed by atoms with Gasteiger partial charge in [-0.05, 0) is 13.0 Å². The second kappa shape index (κ2) is 7.19. The van der Waals surface area contributed by atoms with Crippen LogP contribution in [0.15, 0.2) is 23.4 Å². The van der Waals surface area contributed by atoms with E-state index < -0.39 is 9.84 Å². The zero-order chi connectivity index (χ0) is 12.6. The molecule has 7 heteroatoms. The van der Waals surface area contributed by atoms with E-state index in [1.807, 2.05) is 0 Å². The molecule has 1 aromatic heterocycles. The average molecular weight is 266 g/mol. The standard InChI is InChI=1S/C6H6ClNO2S.C3H6O2/c1-11(9,10)6-2-5(7)3-8-4-6;1-2-5-3-4/h2-4H,1H3;3H,2H2,1H3. The van der Waals surface area contributed by atoms with Gasteiger partial charge in [0.05, 0.1) is 16.5 Å². The summed E-state index contributed by atoms with van der Waals surface area (Å²) in [5, 5.41) is 0.327. The maximum atomic E-state index is 10.9. The zero-order valence-electron chi connectivity index (χ0n) is 8.88. The molecule has 0 saturated heterocycles. The van der Waals surface area contributed by atoms with Gasteiger partial charge in [0.1, 0.15) is 0 Å². The summed E-state index contributed by atoms with van der Waals surface area (Å²) >= 11 is 5.52. The van der Waals surface area contributed by atoms with Crippen LogP contribution >= 0.6 is 11.6 Å². The molecule has 0 aromatic carbocycles. The van der Waals surface area contributed by atoms with Crippen LogP contribution in [0.25, 0.3) is 0 Å². The highest BCUT2D eigenvalue weighted by Crippen LogP contribution is 2.12. The highest BCUT2D eigenvalue weighted by atomic mass is 35.5. The Labute approximate surface area is 99.3 Å². The van der Waals surface area contributed by atoms with Crippen LogP contribution in [0, 0.1) is 0 Å². The first-order valence-electron chi connectivity index (χ1n) is 4.27. The summed E-state index contributed by atoms with van der Waals surface area (Å²) in [7, 11) is -3.17. The highest BCUT2D eigenvalue weighted by molar-refractivity contribution is 7.90. The third-order valence-electron chi connectivity index (χ3n) is 1.34. The van der Waals surface area contributed by atoms with Crippen molar-refractivity contribution in [3.63, 3.8) is 0 Å². The van der Waals surface area contributed by atoms with E-state index in [1.54, 1.807) is 6.92 Å². The maximum absolute atomic E-state index is 10.9. The van der Waals surface area contributed by atoms with E-state index in [0.717, 1.165) is 6.26 Å². The van der Waals surface area contributed by atoms with Gasteiger partial charge in [0, 0.05) is 18.6 Å². The fourth-order valence-corrected chi connectivity index (χ4v) is 1.50. The number of hydrogen-bond donors (Lipinski definition) is 0. The third kappa shape index (κ3) is 6.36. The molecule has 0 fully saturated rings. The van der Waals surface area contributed by atoms with E-state index in [1.165, 1.54) is 18.5 Å². The van der Waals surface area contributed by atoms with E-state index >= 15 is 0 Å². The predicted octanol–water partition coefficient (Wildman–Crippen LogP) is 1.32. The Morgan fingerprint density at radius 3 is 2.38 bits per heavy atom. The Balaban J connectivity index is 0.000000385. The molecule has 1 rings (SSSR count). The molecule has 0 saturated carbocycles. The molecule has 90 valence electrons. The number of pyridine rings is 1. The molecule has 0 N–H and O–H groups in total. The first-order chi connectivity index (χ1) is 7.41. The number of sulfone groups is 1. The van der Waals surface area contributed by atoms with E-state index in [0.29, 0.717) is 18.1 Å². The number of aromatic nitrogens is 1. The van der Waals surface area contributed by atoms with Crippen molar-refractivity contribution < 1.29 is 17.9 Å². The lowest BCUT2D eigenvalue weighted by molar-refractivity contribution is -0.128. The molecule has 1 heterocycles. The van der Waals surface area contributed by atoms with Crippen molar-refractivity contribution in [3.8, 4) is 0 Å². The topological polar surface area (TPSA) is 73.3 Å². The van der Waals surface area contributed by atoms with Gasteiger partial charge >= 0.3 is 0 Å². The summed E-state index contributed by atoms with van der Waals surface area (Å²) in [5.41, 5.74) is 0. The van der Waals surface area contributed by atoms with Crippen molar-refractivity contribution in [1.82, 2.24) is 4.98 Å². The number of carbonyl (C=O) groups excluding carboxylic acids is 1. The quantitative estimate of drug-likeness (QED) is 0.771. The van der Waals surface area contributed by atoms with Crippen LogP contribution in [0.3, 0.4) is 0 Å². The molecule has 0 spiro atoms. The minimum atomic E-state index is -3.17. The summed E-state index contributed by atoms with van der Waals surface area (Å²) in [6, 6.07) is 1.36. The van der Waals surface area contributed by atoms with Crippen molar-refractivity contribution in [3.05, 3.63) is 23.5 Å². The van der Waals surface area contributed by atoms with Crippen molar-refractivity contribution in [2.75, 3.05) is 12.9 Å². The van der Waals surface area contributed by atoms with E-state index in [9.17, 15) is 13.2 Å². The first-order valence-corrected chi connectivity index (χ1v) is 6.54. The van der Waals surface area contributed by atoms with Crippen LogP contribution < -0.4 is 0 Å². The van der Waals surface area contributed by atoms with Gasteiger partial charge in [-0.25, -0.2) is 8.42 Å². The van der Waals surface area contributed by atoms with Gasteiger partial charge in [0.25, 0.3) is 6.47 Å². The Morgan fingerprint density at radius 2 is 2.12 bits per heavy atom. The third-order valence-corrected chi connectivity index (χ3v) is 2.63. The summed E-state index contributed by atoms with van der Waals surface area (Å²) in [6.45, 7) is 2.66. The van der Waals surface area contributed by atoms with Gasteiger partial charge in [0.2, 0.25) is 0 Å². The number of ether oxygens (including phenoxy) is 1. The van der Waals surface area contributed by atoms with Gasteiger partial charge in [0.15, 0.2) is 9.84 Å². The molecule has 0 aliphatic rings. The Morgan fingerprint density at radius 1 is 1.50 bits per heavy atom. The number of rotatable bonds is 3. The van der Waals surface area contributed by atoms with Crippen molar-refractivity contribution in [1.29, 1.82) is 0 Å². The molecule has 0 unspecified atom stereocenters. The summed E-state index contributed by atoms with van der Waals surface area (Å²) in [6.07, 6.45) is 3.76. The molecule has 0 atom stereocenters. The monoisotopic (exact) mass is 265 g/mol. The van der Waals surface area contributed by atoms with Crippen LogP contribution in [0.1, 0.15) is 6.92 Å². The number of halogens is 1. The van der Waals surface area contributed by atoms with Crippen molar-refractivity contribution >= 4 is 27.9 Å². The molecular formula is C9H12ClNO4S. The predicted molar refractivity (Wildman–Crippen MR) is 60.0 cm³/mol. The summed E-state index contributed by atoms with van der Waals surface area (Å²) in [4.78, 5) is 13.0. The van der Waals surface area contributed by atoms with E-state index in [-0.39, 0.29) is 4.90 Å². The van der Waals surface area contributed by atoms with Gasteiger partial charge in [-0.3, -0.25) is 9.78 Å². The van der Waals surface area contributed by atoms with Crippen LogP contribution in [0.2, 0.25) is 5.02 Å². The Kier molecular flexibility index (Phi) is 6.67. The normalized spacial score (nSPS) is 9.94. The number of hydrogen-bond acceptors (Lipinski definition) is 5. The lowest BCUT2D eigenvalue weighted by atomic mass is 10.5. The summed E-state index contributed by atoms with van der Waals surface area (Å²) < 4.78 is 25.9. The van der Waals surface area contributed by atoms with Gasteiger partial charge in [-0.1, -0.05) is 11.6 Å². The van der Waals surface area contributed by atoms with Gasteiger partial charge in [-0.15, -0.1) is 0 Å². The molecule has 0 aliphatic heterocycles. The minimum Gasteiger partial charge on any atom is -0.468 e. The van der Waals surface area contributed by atoms with Gasteiger partial charge < -0.3 is 4.74 Å². The van der Waals surface area contributed by atoms with E-state index in [4.69, 9.17) is 11.6 Å². The molecule has 0 aliphatic carbocycles. The van der Waals surface area contributed by atoms with Crippen molar-refractivity contribution in [2.45, 2.75) is 11.8 Å². The second-order valence-corrected chi connectivity index (χ2v) is 5.11. The maximum Gasteiger partial charge on any atom is 0.293 e. The van der Waals surface area contributed by atoms with Crippen LogP contribution in [-0.2, 0) is 19.4 Å². The zero-order valence-corrected chi connectivity index (χ0v) is 10.5. The Hall–Kier alpha value is -1.14. The van der Waals surface area contributed by atoms with Crippen molar-refractivity contribution in [2.24, 2.45) is 0 Å². The molecular weight excluding hydrogens is 254 g/mol. The minimum absolute atomic E-state index is 0.144. The Bertz CT molecular complexity index is 433. The van der Waals surface area contributed by atoms with Crippen LogP contribution in [-0.4, -0.2) is 32.7 Å². The SMILES string of the molecule is CCOC=O.CS(=O)(=O)c1cncc(Cl)c1. The number of carbonyl (C=O) groups is 1. The second-order valence-electron chi connectivity index (χ2n) is 2.66.